The van der Waals surface area contributed by atoms with E-state index in [0.29, 0.717) is 24.5 Å². The minimum absolute atomic E-state index is 0.230. The summed E-state index contributed by atoms with van der Waals surface area (Å²) in [5.41, 5.74) is 1.54. The van der Waals surface area contributed by atoms with Crippen molar-refractivity contribution in [3.05, 3.63) is 29.1 Å². The van der Waals surface area contributed by atoms with Crippen molar-refractivity contribution in [3.8, 4) is 0 Å². The van der Waals surface area contributed by atoms with Gasteiger partial charge in [0.15, 0.2) is 4.80 Å². The molecule has 0 radical (unpaired) electrons. The second kappa shape index (κ2) is 7.40. The number of benzene rings is 1. The summed E-state index contributed by atoms with van der Waals surface area (Å²) in [6, 6.07) is 7.93. The van der Waals surface area contributed by atoms with Crippen LogP contribution in [0.5, 0.6) is 0 Å². The number of nitrogens with one attached hydrogen (secondary N) is 1. The van der Waals surface area contributed by atoms with Crippen LogP contribution in [-0.2, 0) is 11.3 Å². The summed E-state index contributed by atoms with van der Waals surface area (Å²) in [5, 5.41) is 3.08. The molecule has 3 aliphatic rings. The predicted molar refractivity (Wildman–Crippen MR) is 109 cm³/mol. The van der Waals surface area contributed by atoms with Crippen LogP contribution in [0.15, 0.2) is 29.3 Å². The van der Waals surface area contributed by atoms with Gasteiger partial charge >= 0.3 is 6.03 Å². The Labute approximate surface area is 164 Å². The lowest BCUT2D eigenvalue weighted by Crippen LogP contribution is -2.54. The van der Waals surface area contributed by atoms with Crippen LogP contribution < -0.4 is 10.1 Å². The molecule has 0 saturated heterocycles. The summed E-state index contributed by atoms with van der Waals surface area (Å²) in [4.78, 5) is 17.6. The Bertz CT molecular complexity index is 896. The molecule has 1 aromatic heterocycles. The Morgan fingerprint density at radius 3 is 2.93 bits per heavy atom. The van der Waals surface area contributed by atoms with Crippen molar-refractivity contribution in [2.45, 2.75) is 39.7 Å². The molecule has 0 unspecified atom stereocenters. The molecule has 27 heavy (non-hydrogen) atoms. The van der Waals surface area contributed by atoms with Crippen LogP contribution in [0.4, 0.5) is 4.79 Å². The van der Waals surface area contributed by atoms with Crippen LogP contribution >= 0.6 is 11.3 Å². The van der Waals surface area contributed by atoms with Crippen molar-refractivity contribution in [2.24, 2.45) is 28.2 Å². The van der Waals surface area contributed by atoms with Crippen molar-refractivity contribution in [3.63, 3.8) is 0 Å². The summed E-state index contributed by atoms with van der Waals surface area (Å²) >= 11 is 1.55. The maximum Gasteiger partial charge on any atom is 0.343 e. The highest BCUT2D eigenvalue weighted by Gasteiger charge is 2.53. The van der Waals surface area contributed by atoms with Gasteiger partial charge in [-0.25, -0.2) is 4.79 Å². The molecule has 5 nitrogen and oxygen atoms in total. The number of nitrogens with zero attached hydrogens (tertiary/aromatic N) is 2. The number of hydrogen-bond acceptors (Lipinski definition) is 3. The lowest BCUT2D eigenvalue weighted by Gasteiger charge is -2.60. The SMILES string of the molecule is COCCn1c(=NC(=O)NC[C@@H]2CC[C@H]3C[C@@H]2C3(C)C)sc2ccccc21. The number of carbonyl (C=O) groups is 1. The number of ether oxygens (including phenoxy) is 1. The van der Waals surface area contributed by atoms with Gasteiger partial charge in [-0.05, 0) is 54.6 Å². The molecule has 5 rings (SSSR count). The number of para-hydroxylation sites is 1. The minimum Gasteiger partial charge on any atom is -0.383 e. The van der Waals surface area contributed by atoms with Gasteiger partial charge in [0.25, 0.3) is 0 Å². The van der Waals surface area contributed by atoms with Gasteiger partial charge in [-0.1, -0.05) is 37.3 Å². The number of thiazole rings is 1. The fourth-order valence-corrected chi connectivity index (χ4v) is 6.11. The molecule has 6 heteroatoms. The zero-order valence-electron chi connectivity index (χ0n) is 16.4. The van der Waals surface area contributed by atoms with Gasteiger partial charge in [0, 0.05) is 20.2 Å². The largest absolute Gasteiger partial charge is 0.383 e. The van der Waals surface area contributed by atoms with Crippen molar-refractivity contribution in [1.29, 1.82) is 0 Å². The molecule has 146 valence electrons. The summed E-state index contributed by atoms with van der Waals surface area (Å²) < 4.78 is 8.43. The van der Waals surface area contributed by atoms with E-state index in [1.54, 1.807) is 18.4 Å². The third-order valence-electron chi connectivity index (χ3n) is 6.82. The average Bonchev–Trinajstić information content (AvgIpc) is 3.01. The van der Waals surface area contributed by atoms with Crippen LogP contribution in [0.2, 0.25) is 0 Å². The number of methoxy groups -OCH3 is 1. The Balaban J connectivity index is 1.49. The summed E-state index contributed by atoms with van der Waals surface area (Å²) in [6.07, 6.45) is 3.86. The Morgan fingerprint density at radius 2 is 2.19 bits per heavy atom. The average molecular weight is 388 g/mol. The predicted octanol–water partition coefficient (Wildman–Crippen LogP) is 4.03. The van der Waals surface area contributed by atoms with E-state index < -0.39 is 0 Å². The molecule has 0 spiro atoms. The Hall–Kier alpha value is -1.66. The van der Waals surface area contributed by atoms with Crippen LogP contribution in [0, 0.1) is 23.2 Å². The van der Waals surface area contributed by atoms with Crippen molar-refractivity contribution in [1.82, 2.24) is 9.88 Å². The maximum atomic E-state index is 12.5. The van der Waals surface area contributed by atoms with Gasteiger partial charge in [0.1, 0.15) is 0 Å². The van der Waals surface area contributed by atoms with E-state index in [2.05, 4.69) is 40.9 Å². The van der Waals surface area contributed by atoms with Crippen molar-refractivity contribution < 1.29 is 9.53 Å². The molecule has 2 amide bonds. The van der Waals surface area contributed by atoms with Gasteiger partial charge < -0.3 is 14.6 Å². The second-order valence-electron chi connectivity index (χ2n) is 8.49. The minimum atomic E-state index is -0.230. The van der Waals surface area contributed by atoms with Gasteiger partial charge in [-0.2, -0.15) is 4.99 Å². The monoisotopic (exact) mass is 387 g/mol. The van der Waals surface area contributed by atoms with Gasteiger partial charge in [0.05, 0.1) is 16.8 Å². The first-order valence-electron chi connectivity index (χ1n) is 9.90. The van der Waals surface area contributed by atoms with E-state index in [0.717, 1.165) is 33.4 Å². The quantitative estimate of drug-likeness (QED) is 0.842. The van der Waals surface area contributed by atoms with Crippen LogP contribution in [0.3, 0.4) is 0 Å². The summed E-state index contributed by atoms with van der Waals surface area (Å²) in [5.74, 6) is 2.22. The number of fused-ring (bicyclic) bond motifs is 3. The molecular formula is C21H29N3O2S. The first-order valence-corrected chi connectivity index (χ1v) is 10.7. The lowest BCUT2D eigenvalue weighted by atomic mass is 9.45. The molecule has 3 saturated carbocycles. The zero-order valence-corrected chi connectivity index (χ0v) is 17.2. The molecule has 1 heterocycles. The van der Waals surface area contributed by atoms with E-state index in [9.17, 15) is 4.79 Å². The molecule has 2 aromatic rings. The molecule has 0 aliphatic heterocycles. The number of urea groups is 1. The van der Waals surface area contributed by atoms with Crippen LogP contribution in [0.25, 0.3) is 10.2 Å². The smallest absolute Gasteiger partial charge is 0.343 e. The van der Waals surface area contributed by atoms with E-state index in [4.69, 9.17) is 4.74 Å². The fraction of sp³-hybridized carbons (Fsp3) is 0.619. The highest BCUT2D eigenvalue weighted by molar-refractivity contribution is 7.16. The number of rotatable bonds is 5. The van der Waals surface area contributed by atoms with Gasteiger partial charge in [0.2, 0.25) is 0 Å². The van der Waals surface area contributed by atoms with Crippen LogP contribution in [0.1, 0.15) is 33.1 Å². The number of hydrogen-bond donors (Lipinski definition) is 1. The Kier molecular flexibility index (Phi) is 5.12. The normalized spacial score (nSPS) is 26.8. The fourth-order valence-electron chi connectivity index (χ4n) is 5.06. The maximum absolute atomic E-state index is 12.5. The number of amides is 2. The molecule has 3 aliphatic carbocycles. The number of aromatic nitrogens is 1. The first kappa shape index (κ1) is 18.7. The standard InChI is InChI=1S/C21H29N3O2S/c1-21(2)15-9-8-14(16(21)12-15)13-22-19(25)23-20-24(10-11-26-3)17-6-4-5-7-18(17)27-20/h4-7,14-16H,8-13H2,1-3H3,(H,22,25)/t14-,15-,16-/m0/s1. The second-order valence-corrected chi connectivity index (χ2v) is 9.50. The third kappa shape index (κ3) is 3.45. The highest BCUT2D eigenvalue weighted by atomic mass is 32.1. The molecule has 2 bridgehead atoms. The van der Waals surface area contributed by atoms with E-state index in [1.165, 1.54) is 19.3 Å². The third-order valence-corrected chi connectivity index (χ3v) is 7.88. The molecule has 1 N–H and O–H groups in total. The molecule has 3 fully saturated rings. The van der Waals surface area contributed by atoms with E-state index in [-0.39, 0.29) is 6.03 Å². The molecule has 3 atom stereocenters. The summed E-state index contributed by atoms with van der Waals surface area (Å²) in [6.45, 7) is 6.80. The summed E-state index contributed by atoms with van der Waals surface area (Å²) in [7, 11) is 1.69. The van der Waals surface area contributed by atoms with Crippen LogP contribution in [-0.4, -0.2) is 30.9 Å². The van der Waals surface area contributed by atoms with E-state index in [1.807, 2.05) is 12.1 Å². The molecule has 1 aromatic carbocycles. The van der Waals surface area contributed by atoms with Crippen molar-refractivity contribution in [2.75, 3.05) is 20.3 Å². The van der Waals surface area contributed by atoms with Gasteiger partial charge in [-0.15, -0.1) is 0 Å². The highest BCUT2D eigenvalue weighted by Crippen LogP contribution is 2.61. The number of carbonyl (C=O) groups excluding carboxylic acids is 1. The zero-order chi connectivity index (χ0) is 19.0. The molecular weight excluding hydrogens is 358 g/mol. The topological polar surface area (TPSA) is 55.6 Å². The lowest BCUT2D eigenvalue weighted by molar-refractivity contribution is -0.103. The van der Waals surface area contributed by atoms with Gasteiger partial charge in [-0.3, -0.25) is 0 Å². The first-order chi connectivity index (χ1) is 13.0. The van der Waals surface area contributed by atoms with Crippen molar-refractivity contribution >= 4 is 27.6 Å². The van der Waals surface area contributed by atoms with E-state index >= 15 is 0 Å². The Morgan fingerprint density at radius 1 is 1.37 bits per heavy atom.